The first-order valence-electron chi connectivity index (χ1n) is 9.30. The van der Waals surface area contributed by atoms with Gasteiger partial charge in [-0.15, -0.1) is 0 Å². The van der Waals surface area contributed by atoms with E-state index >= 15 is 0 Å². The summed E-state index contributed by atoms with van der Waals surface area (Å²) in [6.45, 7) is -0.132. The first kappa shape index (κ1) is 21.9. The number of hydrogen-bond donors (Lipinski definition) is 2. The van der Waals surface area contributed by atoms with Gasteiger partial charge < -0.3 is 14.8 Å². The van der Waals surface area contributed by atoms with Gasteiger partial charge in [-0.25, -0.2) is 5.43 Å². The lowest BCUT2D eigenvalue weighted by Gasteiger charge is -2.08. The lowest BCUT2D eigenvalue weighted by molar-refractivity contribution is -0.118. The summed E-state index contributed by atoms with van der Waals surface area (Å²) in [6.07, 6.45) is 1.49. The highest BCUT2D eigenvalue weighted by atomic mass is 35.5. The van der Waals surface area contributed by atoms with Gasteiger partial charge >= 0.3 is 0 Å². The van der Waals surface area contributed by atoms with Crippen molar-refractivity contribution in [1.29, 1.82) is 0 Å². The summed E-state index contributed by atoms with van der Waals surface area (Å²) in [5, 5.41) is 7.02. The molecule has 3 aromatic carbocycles. The monoisotopic (exact) mass is 437 g/mol. The van der Waals surface area contributed by atoms with Crippen molar-refractivity contribution in [2.45, 2.75) is 0 Å². The molecule has 0 aliphatic carbocycles. The maximum Gasteiger partial charge on any atom is 0.272 e. The Labute approximate surface area is 184 Å². The zero-order chi connectivity index (χ0) is 22.1. The quantitative estimate of drug-likeness (QED) is 0.409. The number of carbonyl (C=O) groups is 2. The molecule has 7 nitrogen and oxygen atoms in total. The Balaban J connectivity index is 1.46. The number of halogens is 1. The molecule has 0 radical (unpaired) electrons. The molecular weight excluding hydrogens is 418 g/mol. The summed E-state index contributed by atoms with van der Waals surface area (Å²) >= 11 is 5.98. The number of benzene rings is 3. The number of anilines is 1. The van der Waals surface area contributed by atoms with Crippen LogP contribution in [0.1, 0.15) is 15.9 Å². The average Bonchev–Trinajstić information content (AvgIpc) is 2.79. The number of nitrogens with one attached hydrogen (secondary N) is 2. The molecule has 0 aliphatic rings. The number of rotatable bonds is 8. The van der Waals surface area contributed by atoms with Crippen LogP contribution in [0.2, 0.25) is 5.02 Å². The molecule has 0 saturated carbocycles. The van der Waals surface area contributed by atoms with Crippen LogP contribution in [0.4, 0.5) is 5.69 Å². The lowest BCUT2D eigenvalue weighted by atomic mass is 10.2. The molecule has 31 heavy (non-hydrogen) atoms. The van der Waals surface area contributed by atoms with Gasteiger partial charge in [-0.1, -0.05) is 23.7 Å². The normalized spacial score (nSPS) is 10.5. The second-order valence-corrected chi connectivity index (χ2v) is 6.72. The number of amides is 2. The van der Waals surface area contributed by atoms with Crippen LogP contribution in [0.25, 0.3) is 0 Å². The van der Waals surface area contributed by atoms with Crippen molar-refractivity contribution in [2.24, 2.45) is 5.10 Å². The van der Waals surface area contributed by atoms with Gasteiger partial charge in [0.25, 0.3) is 11.8 Å². The molecule has 0 spiro atoms. The van der Waals surface area contributed by atoms with Crippen LogP contribution in [0, 0.1) is 0 Å². The highest BCUT2D eigenvalue weighted by Crippen LogP contribution is 2.16. The number of hydrogen-bond acceptors (Lipinski definition) is 5. The largest absolute Gasteiger partial charge is 0.497 e. The van der Waals surface area contributed by atoms with E-state index in [0.717, 1.165) is 5.56 Å². The minimum Gasteiger partial charge on any atom is -0.497 e. The Morgan fingerprint density at radius 1 is 0.968 bits per heavy atom. The maximum absolute atomic E-state index is 12.0. The predicted molar refractivity (Wildman–Crippen MR) is 120 cm³/mol. The molecule has 0 aliphatic heterocycles. The molecule has 3 rings (SSSR count). The zero-order valence-electron chi connectivity index (χ0n) is 16.7. The van der Waals surface area contributed by atoms with Gasteiger partial charge in [-0.3, -0.25) is 9.59 Å². The van der Waals surface area contributed by atoms with Crippen molar-refractivity contribution in [3.05, 3.63) is 88.9 Å². The third-order valence-corrected chi connectivity index (χ3v) is 4.45. The summed E-state index contributed by atoms with van der Waals surface area (Å²) in [5.74, 6) is 0.561. The summed E-state index contributed by atoms with van der Waals surface area (Å²) in [4.78, 5) is 24.1. The van der Waals surface area contributed by atoms with Crippen LogP contribution in [-0.4, -0.2) is 31.7 Å². The SMILES string of the molecule is COc1ccc(NC(=O)COc2ccc(/C=N/NC(=O)c3ccccc3Cl)cc2)cc1. The van der Waals surface area contributed by atoms with E-state index in [-0.39, 0.29) is 12.5 Å². The van der Waals surface area contributed by atoms with Crippen molar-refractivity contribution in [1.82, 2.24) is 5.43 Å². The van der Waals surface area contributed by atoms with Gasteiger partial charge in [0.1, 0.15) is 11.5 Å². The zero-order valence-corrected chi connectivity index (χ0v) is 17.4. The Hall–Kier alpha value is -3.84. The average molecular weight is 438 g/mol. The summed E-state index contributed by atoms with van der Waals surface area (Å²) in [7, 11) is 1.58. The summed E-state index contributed by atoms with van der Waals surface area (Å²) in [5.41, 5.74) is 4.17. The molecule has 3 aromatic rings. The number of nitrogens with zero attached hydrogens (tertiary/aromatic N) is 1. The van der Waals surface area contributed by atoms with Crippen molar-refractivity contribution < 1.29 is 19.1 Å². The van der Waals surface area contributed by atoms with E-state index in [1.807, 2.05) is 0 Å². The van der Waals surface area contributed by atoms with E-state index in [2.05, 4.69) is 15.8 Å². The molecule has 0 fully saturated rings. The minimum atomic E-state index is -0.398. The molecule has 8 heteroatoms. The van der Waals surface area contributed by atoms with Crippen molar-refractivity contribution >= 4 is 35.3 Å². The van der Waals surface area contributed by atoms with Crippen molar-refractivity contribution in [3.8, 4) is 11.5 Å². The van der Waals surface area contributed by atoms with Crippen molar-refractivity contribution in [2.75, 3.05) is 19.0 Å². The molecule has 0 atom stereocenters. The van der Waals surface area contributed by atoms with E-state index in [9.17, 15) is 9.59 Å². The van der Waals surface area contributed by atoms with Gasteiger partial charge in [-0.05, 0) is 66.2 Å². The first-order valence-corrected chi connectivity index (χ1v) is 9.67. The first-order chi connectivity index (χ1) is 15.0. The van der Waals surface area contributed by atoms with E-state index < -0.39 is 5.91 Å². The third-order valence-electron chi connectivity index (χ3n) is 4.12. The number of carbonyl (C=O) groups excluding carboxylic acids is 2. The number of ether oxygens (including phenoxy) is 2. The lowest BCUT2D eigenvalue weighted by Crippen LogP contribution is -2.20. The van der Waals surface area contributed by atoms with E-state index in [4.69, 9.17) is 21.1 Å². The second kappa shape index (κ2) is 10.8. The molecule has 2 amide bonds. The van der Waals surface area contributed by atoms with E-state index in [0.29, 0.717) is 27.8 Å². The van der Waals surface area contributed by atoms with E-state index in [1.54, 1.807) is 79.9 Å². The van der Waals surface area contributed by atoms with Crippen LogP contribution in [0.3, 0.4) is 0 Å². The standard InChI is InChI=1S/C23H20ClN3O4/c1-30-18-12-8-17(9-13-18)26-22(28)15-31-19-10-6-16(7-11-19)14-25-27-23(29)20-4-2-3-5-21(20)24/h2-14H,15H2,1H3,(H,26,28)(H,27,29)/b25-14+. The van der Waals surface area contributed by atoms with Crippen LogP contribution in [-0.2, 0) is 4.79 Å². The summed E-state index contributed by atoms with van der Waals surface area (Å²) < 4.78 is 10.6. The van der Waals surface area contributed by atoms with Crippen LogP contribution in [0.5, 0.6) is 11.5 Å². The molecule has 0 heterocycles. The van der Waals surface area contributed by atoms with Crippen LogP contribution in [0.15, 0.2) is 77.9 Å². The predicted octanol–water partition coefficient (Wildman–Crippen LogP) is 4.13. The Kier molecular flexibility index (Phi) is 7.61. The maximum atomic E-state index is 12.0. The Bertz CT molecular complexity index is 1070. The van der Waals surface area contributed by atoms with Gasteiger partial charge in [0.2, 0.25) is 0 Å². The van der Waals surface area contributed by atoms with Crippen LogP contribution >= 0.6 is 11.6 Å². The van der Waals surface area contributed by atoms with Gasteiger partial charge in [0, 0.05) is 5.69 Å². The summed E-state index contributed by atoms with van der Waals surface area (Å²) in [6, 6.07) is 20.6. The molecule has 2 N–H and O–H groups in total. The van der Waals surface area contributed by atoms with E-state index in [1.165, 1.54) is 6.21 Å². The second-order valence-electron chi connectivity index (χ2n) is 6.31. The molecular formula is C23H20ClN3O4. The minimum absolute atomic E-state index is 0.132. The fourth-order valence-electron chi connectivity index (χ4n) is 2.54. The molecule has 158 valence electrons. The Morgan fingerprint density at radius 3 is 2.32 bits per heavy atom. The molecule has 0 saturated heterocycles. The topological polar surface area (TPSA) is 89.0 Å². The molecule has 0 aromatic heterocycles. The highest BCUT2D eigenvalue weighted by Gasteiger charge is 2.08. The van der Waals surface area contributed by atoms with Gasteiger partial charge in [0.05, 0.1) is 23.9 Å². The number of hydrazone groups is 1. The third kappa shape index (κ3) is 6.58. The van der Waals surface area contributed by atoms with Crippen molar-refractivity contribution in [3.63, 3.8) is 0 Å². The fourth-order valence-corrected chi connectivity index (χ4v) is 2.76. The smallest absolute Gasteiger partial charge is 0.272 e. The van der Waals surface area contributed by atoms with Gasteiger partial charge in [0.15, 0.2) is 6.61 Å². The molecule has 0 bridgehead atoms. The fraction of sp³-hybridized carbons (Fsp3) is 0.0870. The number of methoxy groups -OCH3 is 1. The van der Waals surface area contributed by atoms with Gasteiger partial charge in [-0.2, -0.15) is 5.10 Å². The Morgan fingerprint density at radius 2 is 1.65 bits per heavy atom. The molecule has 0 unspecified atom stereocenters. The van der Waals surface area contributed by atoms with Crippen LogP contribution < -0.4 is 20.2 Å². The highest BCUT2D eigenvalue weighted by molar-refractivity contribution is 6.33.